The highest BCUT2D eigenvalue weighted by Gasteiger charge is 2.09. The van der Waals surface area contributed by atoms with Gasteiger partial charge in [-0.2, -0.15) is 0 Å². The zero-order valence-corrected chi connectivity index (χ0v) is 13.1. The fraction of sp³-hybridized carbons (Fsp3) is 0.294. The summed E-state index contributed by atoms with van der Waals surface area (Å²) in [7, 11) is 5.71. The van der Waals surface area contributed by atoms with Crippen molar-refractivity contribution in [2.75, 3.05) is 37.1 Å². The van der Waals surface area contributed by atoms with Gasteiger partial charge in [-0.1, -0.05) is 24.3 Å². The zero-order valence-electron chi connectivity index (χ0n) is 13.1. The molecular formula is C17H23N3O. The SMILES string of the molecule is CNc1cc(OCc2ccccc2C)cc(NC)c1NC. The van der Waals surface area contributed by atoms with Gasteiger partial charge in [0.1, 0.15) is 12.4 Å². The van der Waals surface area contributed by atoms with Gasteiger partial charge in [-0.15, -0.1) is 0 Å². The van der Waals surface area contributed by atoms with Crippen LogP contribution < -0.4 is 20.7 Å². The third-order valence-corrected chi connectivity index (χ3v) is 3.56. The molecule has 4 heteroatoms. The Morgan fingerprint density at radius 1 is 0.905 bits per heavy atom. The van der Waals surface area contributed by atoms with Crippen LogP contribution in [0.1, 0.15) is 11.1 Å². The van der Waals surface area contributed by atoms with Crippen LogP contribution in [0.3, 0.4) is 0 Å². The van der Waals surface area contributed by atoms with Crippen molar-refractivity contribution in [2.45, 2.75) is 13.5 Å². The van der Waals surface area contributed by atoms with Crippen LogP contribution in [0.5, 0.6) is 5.75 Å². The molecule has 0 unspecified atom stereocenters. The Labute approximate surface area is 126 Å². The maximum Gasteiger partial charge on any atom is 0.124 e. The molecule has 0 saturated carbocycles. The van der Waals surface area contributed by atoms with Crippen LogP contribution in [0.2, 0.25) is 0 Å². The first-order valence-electron chi connectivity index (χ1n) is 7.08. The van der Waals surface area contributed by atoms with Gasteiger partial charge in [0, 0.05) is 33.3 Å². The summed E-state index contributed by atoms with van der Waals surface area (Å²) >= 11 is 0. The van der Waals surface area contributed by atoms with Gasteiger partial charge in [-0.3, -0.25) is 0 Å². The molecule has 112 valence electrons. The third kappa shape index (κ3) is 3.40. The number of anilines is 3. The van der Waals surface area contributed by atoms with E-state index in [2.05, 4.69) is 35.0 Å². The maximum absolute atomic E-state index is 5.95. The first-order valence-corrected chi connectivity index (χ1v) is 7.08. The number of hydrogen-bond acceptors (Lipinski definition) is 4. The average molecular weight is 285 g/mol. The predicted octanol–water partition coefficient (Wildman–Crippen LogP) is 3.70. The van der Waals surface area contributed by atoms with E-state index < -0.39 is 0 Å². The Bertz CT molecular complexity index is 586. The van der Waals surface area contributed by atoms with E-state index in [1.165, 1.54) is 11.1 Å². The van der Waals surface area contributed by atoms with Gasteiger partial charge in [0.05, 0.1) is 17.1 Å². The van der Waals surface area contributed by atoms with Crippen molar-refractivity contribution in [3.63, 3.8) is 0 Å². The van der Waals surface area contributed by atoms with Gasteiger partial charge in [-0.25, -0.2) is 0 Å². The van der Waals surface area contributed by atoms with E-state index in [1.807, 2.05) is 45.4 Å². The predicted molar refractivity (Wildman–Crippen MR) is 90.6 cm³/mol. The minimum absolute atomic E-state index is 0.567. The molecule has 0 fully saturated rings. The standard InChI is InChI=1S/C17H23N3O/c1-12-7-5-6-8-13(12)11-21-14-9-15(18-2)17(20-4)16(10-14)19-3/h5-10,18-20H,11H2,1-4H3. The summed E-state index contributed by atoms with van der Waals surface area (Å²) in [6.45, 7) is 2.67. The summed E-state index contributed by atoms with van der Waals surface area (Å²) in [5.74, 6) is 0.839. The summed E-state index contributed by atoms with van der Waals surface area (Å²) in [5.41, 5.74) is 5.48. The third-order valence-electron chi connectivity index (χ3n) is 3.56. The first kappa shape index (κ1) is 15.0. The van der Waals surface area contributed by atoms with Gasteiger partial charge in [0.25, 0.3) is 0 Å². The van der Waals surface area contributed by atoms with Crippen molar-refractivity contribution in [1.82, 2.24) is 0 Å². The lowest BCUT2D eigenvalue weighted by Gasteiger charge is -2.17. The molecule has 0 aromatic heterocycles. The number of nitrogens with one attached hydrogen (secondary N) is 3. The van der Waals surface area contributed by atoms with E-state index in [0.29, 0.717) is 6.61 Å². The largest absolute Gasteiger partial charge is 0.489 e. The second-order valence-corrected chi connectivity index (χ2v) is 4.86. The minimum atomic E-state index is 0.567. The van der Waals surface area contributed by atoms with E-state index >= 15 is 0 Å². The van der Waals surface area contributed by atoms with Crippen LogP contribution in [0.25, 0.3) is 0 Å². The molecule has 2 aromatic carbocycles. The summed E-state index contributed by atoms with van der Waals surface area (Å²) in [4.78, 5) is 0. The summed E-state index contributed by atoms with van der Waals surface area (Å²) < 4.78 is 5.95. The van der Waals surface area contributed by atoms with Crippen LogP contribution in [0.15, 0.2) is 36.4 Å². The number of aryl methyl sites for hydroxylation is 1. The summed E-state index contributed by atoms with van der Waals surface area (Å²) in [6, 6.07) is 12.3. The number of benzene rings is 2. The van der Waals surface area contributed by atoms with Crippen LogP contribution in [-0.4, -0.2) is 21.1 Å². The zero-order chi connectivity index (χ0) is 15.2. The highest BCUT2D eigenvalue weighted by molar-refractivity contribution is 5.84. The second-order valence-electron chi connectivity index (χ2n) is 4.86. The van der Waals surface area contributed by atoms with Crippen molar-refractivity contribution in [1.29, 1.82) is 0 Å². The molecule has 0 radical (unpaired) electrons. The topological polar surface area (TPSA) is 45.3 Å². The van der Waals surface area contributed by atoms with E-state index in [1.54, 1.807) is 0 Å². The fourth-order valence-electron chi connectivity index (χ4n) is 2.30. The molecular weight excluding hydrogens is 262 g/mol. The molecule has 0 aliphatic carbocycles. The van der Waals surface area contributed by atoms with E-state index in [0.717, 1.165) is 22.8 Å². The molecule has 0 spiro atoms. The number of hydrogen-bond donors (Lipinski definition) is 3. The molecule has 2 aromatic rings. The van der Waals surface area contributed by atoms with Gasteiger partial charge >= 0.3 is 0 Å². The normalized spacial score (nSPS) is 10.1. The number of ether oxygens (including phenoxy) is 1. The lowest BCUT2D eigenvalue weighted by atomic mass is 10.1. The van der Waals surface area contributed by atoms with Crippen LogP contribution in [-0.2, 0) is 6.61 Å². The molecule has 3 N–H and O–H groups in total. The molecule has 0 amide bonds. The molecule has 4 nitrogen and oxygen atoms in total. The Hall–Kier alpha value is -2.36. The highest BCUT2D eigenvalue weighted by Crippen LogP contribution is 2.35. The second kappa shape index (κ2) is 6.88. The first-order chi connectivity index (χ1) is 10.2. The molecule has 0 saturated heterocycles. The van der Waals surface area contributed by atoms with Crippen molar-refractivity contribution in [3.8, 4) is 5.75 Å². The molecule has 0 atom stereocenters. The quantitative estimate of drug-likeness (QED) is 0.757. The maximum atomic E-state index is 5.95. The van der Waals surface area contributed by atoms with Gasteiger partial charge in [-0.05, 0) is 18.1 Å². The monoisotopic (exact) mass is 285 g/mol. The Balaban J connectivity index is 2.22. The van der Waals surface area contributed by atoms with E-state index in [4.69, 9.17) is 4.74 Å². The average Bonchev–Trinajstić information content (AvgIpc) is 2.52. The Morgan fingerprint density at radius 2 is 1.52 bits per heavy atom. The number of rotatable bonds is 6. The molecule has 0 heterocycles. The molecule has 0 aliphatic rings. The van der Waals surface area contributed by atoms with E-state index in [9.17, 15) is 0 Å². The Morgan fingerprint density at radius 3 is 2.05 bits per heavy atom. The van der Waals surface area contributed by atoms with Gasteiger partial charge in [0.15, 0.2) is 0 Å². The van der Waals surface area contributed by atoms with E-state index in [-0.39, 0.29) is 0 Å². The van der Waals surface area contributed by atoms with Crippen LogP contribution in [0.4, 0.5) is 17.1 Å². The highest BCUT2D eigenvalue weighted by atomic mass is 16.5. The van der Waals surface area contributed by atoms with Crippen LogP contribution >= 0.6 is 0 Å². The molecule has 21 heavy (non-hydrogen) atoms. The van der Waals surface area contributed by atoms with Gasteiger partial charge < -0.3 is 20.7 Å². The van der Waals surface area contributed by atoms with Crippen molar-refractivity contribution in [2.24, 2.45) is 0 Å². The molecule has 0 bridgehead atoms. The summed E-state index contributed by atoms with van der Waals surface area (Å²) in [5, 5.41) is 9.57. The minimum Gasteiger partial charge on any atom is -0.489 e. The van der Waals surface area contributed by atoms with Crippen molar-refractivity contribution in [3.05, 3.63) is 47.5 Å². The lowest BCUT2D eigenvalue weighted by Crippen LogP contribution is -2.04. The molecule has 0 aliphatic heterocycles. The Kier molecular flexibility index (Phi) is 4.93. The van der Waals surface area contributed by atoms with Gasteiger partial charge in [0.2, 0.25) is 0 Å². The van der Waals surface area contributed by atoms with Crippen molar-refractivity contribution >= 4 is 17.1 Å². The summed E-state index contributed by atoms with van der Waals surface area (Å²) in [6.07, 6.45) is 0. The smallest absolute Gasteiger partial charge is 0.124 e. The van der Waals surface area contributed by atoms with Crippen LogP contribution in [0, 0.1) is 6.92 Å². The molecule has 2 rings (SSSR count). The van der Waals surface area contributed by atoms with Crippen molar-refractivity contribution < 1.29 is 4.74 Å². The fourth-order valence-corrected chi connectivity index (χ4v) is 2.30. The lowest BCUT2D eigenvalue weighted by molar-refractivity contribution is 0.306.